The molecule has 0 saturated carbocycles. The molecule has 0 saturated heterocycles. The second-order valence-corrected chi connectivity index (χ2v) is 4.34. The highest BCUT2D eigenvalue weighted by Crippen LogP contribution is 2.24. The summed E-state index contributed by atoms with van der Waals surface area (Å²) in [6.45, 7) is 3.59. The number of hydrogen-bond donors (Lipinski definition) is 2. The second kappa shape index (κ2) is 6.85. The van der Waals surface area contributed by atoms with E-state index >= 15 is 0 Å². The molecule has 0 aliphatic heterocycles. The molecule has 0 bridgehead atoms. The van der Waals surface area contributed by atoms with Gasteiger partial charge in [0.2, 0.25) is 5.91 Å². The molecule has 5 heteroatoms. The number of hydrogen-bond acceptors (Lipinski definition) is 4. The normalized spacial score (nSPS) is 9.71. The van der Waals surface area contributed by atoms with Gasteiger partial charge in [-0.3, -0.25) is 4.79 Å². The Kier molecular flexibility index (Phi) is 5.42. The van der Waals surface area contributed by atoms with Crippen LogP contribution in [0.5, 0.6) is 5.75 Å². The molecule has 0 unspecified atom stereocenters. The first-order valence-corrected chi connectivity index (χ1v) is 6.25. The molecule has 92 valence electrons. The molecule has 1 aromatic rings. The minimum absolute atomic E-state index is 0.0753. The summed E-state index contributed by atoms with van der Waals surface area (Å²) >= 11 is 1.50. The highest BCUT2D eigenvalue weighted by molar-refractivity contribution is 8.00. The van der Waals surface area contributed by atoms with Crippen LogP contribution in [-0.2, 0) is 4.79 Å². The zero-order chi connectivity index (χ0) is 12.7. The number of nitrogens with two attached hydrogens (primary N) is 1. The van der Waals surface area contributed by atoms with Crippen LogP contribution in [0.25, 0.3) is 0 Å². The lowest BCUT2D eigenvalue weighted by molar-refractivity contribution is -0.113. The molecule has 0 spiro atoms. The number of nitrogens with one attached hydrogen (secondary N) is 1. The number of carbonyl (C=O) groups excluding carboxylic acids is 1. The van der Waals surface area contributed by atoms with Crippen LogP contribution in [0.3, 0.4) is 0 Å². The maximum Gasteiger partial charge on any atom is 0.234 e. The monoisotopic (exact) mass is 252 g/mol. The van der Waals surface area contributed by atoms with Crippen molar-refractivity contribution < 1.29 is 9.53 Å². The van der Waals surface area contributed by atoms with E-state index in [0.29, 0.717) is 22.9 Å². The van der Waals surface area contributed by atoms with Gasteiger partial charge in [-0.15, -0.1) is 18.3 Å². The van der Waals surface area contributed by atoms with Crippen molar-refractivity contribution >= 4 is 29.0 Å². The maximum absolute atomic E-state index is 11.5. The summed E-state index contributed by atoms with van der Waals surface area (Å²) in [5.74, 6) is 1.73. The summed E-state index contributed by atoms with van der Waals surface area (Å²) in [6, 6.07) is 5.15. The summed E-state index contributed by atoms with van der Waals surface area (Å²) in [4.78, 5) is 11.5. The fourth-order valence-electron chi connectivity index (χ4n) is 1.20. The quantitative estimate of drug-likeness (QED) is 0.462. The molecular formula is C12H16N2O2S. The molecule has 0 atom stereocenters. The van der Waals surface area contributed by atoms with E-state index in [9.17, 15) is 4.79 Å². The van der Waals surface area contributed by atoms with Crippen molar-refractivity contribution in [1.82, 2.24) is 0 Å². The zero-order valence-corrected chi connectivity index (χ0v) is 10.5. The van der Waals surface area contributed by atoms with E-state index in [1.807, 2.05) is 0 Å². The van der Waals surface area contributed by atoms with Gasteiger partial charge in [-0.05, 0) is 12.1 Å². The van der Waals surface area contributed by atoms with E-state index < -0.39 is 0 Å². The molecular weight excluding hydrogens is 236 g/mol. The molecule has 1 rings (SSSR count). The van der Waals surface area contributed by atoms with Gasteiger partial charge in [0.15, 0.2) is 0 Å². The average Bonchev–Trinajstić information content (AvgIpc) is 2.32. The summed E-state index contributed by atoms with van der Waals surface area (Å²) in [5, 5.41) is 2.75. The second-order valence-electron chi connectivity index (χ2n) is 3.31. The number of ether oxygens (including phenoxy) is 1. The Morgan fingerprint density at radius 1 is 1.65 bits per heavy atom. The van der Waals surface area contributed by atoms with Crippen molar-refractivity contribution in [2.45, 2.75) is 0 Å². The minimum atomic E-state index is -0.0753. The van der Waals surface area contributed by atoms with Crippen LogP contribution in [0.4, 0.5) is 11.4 Å². The maximum atomic E-state index is 11.5. The van der Waals surface area contributed by atoms with E-state index in [1.54, 1.807) is 31.4 Å². The molecule has 1 aromatic carbocycles. The van der Waals surface area contributed by atoms with E-state index in [1.165, 1.54) is 11.8 Å². The number of amides is 1. The van der Waals surface area contributed by atoms with Crippen LogP contribution in [0.2, 0.25) is 0 Å². The SMILES string of the molecule is C=CCSCC(=O)Nc1ccc(OC)cc1N. The molecule has 0 radical (unpaired) electrons. The number of rotatable bonds is 6. The van der Waals surface area contributed by atoms with Crippen molar-refractivity contribution in [3.63, 3.8) is 0 Å². The Labute approximate surface area is 105 Å². The molecule has 0 aromatic heterocycles. The predicted molar refractivity (Wildman–Crippen MR) is 73.6 cm³/mol. The number of methoxy groups -OCH3 is 1. The van der Waals surface area contributed by atoms with Crippen molar-refractivity contribution in [3.05, 3.63) is 30.9 Å². The van der Waals surface area contributed by atoms with E-state index in [2.05, 4.69) is 11.9 Å². The summed E-state index contributed by atoms with van der Waals surface area (Å²) in [5.41, 5.74) is 6.88. The molecule has 3 N–H and O–H groups in total. The molecule has 0 aliphatic carbocycles. The lowest BCUT2D eigenvalue weighted by Gasteiger charge is -2.09. The van der Waals surface area contributed by atoms with Crippen molar-refractivity contribution in [1.29, 1.82) is 0 Å². The van der Waals surface area contributed by atoms with Gasteiger partial charge in [0, 0.05) is 11.8 Å². The van der Waals surface area contributed by atoms with Gasteiger partial charge in [0.05, 0.1) is 24.2 Å². The van der Waals surface area contributed by atoms with Crippen LogP contribution in [-0.4, -0.2) is 24.5 Å². The van der Waals surface area contributed by atoms with Gasteiger partial charge < -0.3 is 15.8 Å². The highest BCUT2D eigenvalue weighted by Gasteiger charge is 2.05. The third-order valence-corrected chi connectivity index (χ3v) is 2.94. The van der Waals surface area contributed by atoms with Crippen molar-refractivity contribution in [2.24, 2.45) is 0 Å². The molecule has 0 aliphatic rings. The van der Waals surface area contributed by atoms with Gasteiger partial charge in [-0.2, -0.15) is 0 Å². The first kappa shape index (κ1) is 13.4. The lowest BCUT2D eigenvalue weighted by Crippen LogP contribution is -2.15. The zero-order valence-electron chi connectivity index (χ0n) is 9.73. The number of carbonyl (C=O) groups is 1. The number of benzene rings is 1. The lowest BCUT2D eigenvalue weighted by atomic mass is 10.2. The first-order valence-electron chi connectivity index (χ1n) is 5.09. The third kappa shape index (κ3) is 4.40. The summed E-state index contributed by atoms with van der Waals surface area (Å²) in [7, 11) is 1.57. The van der Waals surface area contributed by atoms with Gasteiger partial charge in [-0.25, -0.2) is 0 Å². The summed E-state index contributed by atoms with van der Waals surface area (Å²) in [6.07, 6.45) is 1.76. The molecule has 0 heterocycles. The largest absolute Gasteiger partial charge is 0.497 e. The molecule has 1 amide bonds. The predicted octanol–water partition coefficient (Wildman–Crippen LogP) is 2.14. The van der Waals surface area contributed by atoms with Gasteiger partial charge in [0.25, 0.3) is 0 Å². The minimum Gasteiger partial charge on any atom is -0.497 e. The van der Waals surface area contributed by atoms with E-state index in [-0.39, 0.29) is 5.91 Å². The van der Waals surface area contributed by atoms with Gasteiger partial charge >= 0.3 is 0 Å². The Balaban J connectivity index is 2.56. The smallest absolute Gasteiger partial charge is 0.234 e. The Morgan fingerprint density at radius 2 is 2.41 bits per heavy atom. The van der Waals surface area contributed by atoms with E-state index in [0.717, 1.165) is 5.75 Å². The number of thioether (sulfide) groups is 1. The Morgan fingerprint density at radius 3 is 3.00 bits per heavy atom. The van der Waals surface area contributed by atoms with Crippen LogP contribution in [0.1, 0.15) is 0 Å². The molecule has 0 fully saturated rings. The fraction of sp³-hybridized carbons (Fsp3) is 0.250. The standard InChI is InChI=1S/C12H16N2O2S/c1-3-6-17-8-12(15)14-11-5-4-9(16-2)7-10(11)13/h3-5,7H,1,6,8,13H2,2H3,(H,14,15). The third-order valence-electron chi connectivity index (χ3n) is 2.00. The van der Waals surface area contributed by atoms with Crippen LogP contribution in [0.15, 0.2) is 30.9 Å². The molecule has 17 heavy (non-hydrogen) atoms. The highest BCUT2D eigenvalue weighted by atomic mass is 32.2. The average molecular weight is 252 g/mol. The Bertz CT molecular complexity index is 407. The number of anilines is 2. The van der Waals surface area contributed by atoms with E-state index in [4.69, 9.17) is 10.5 Å². The van der Waals surface area contributed by atoms with Crippen LogP contribution < -0.4 is 15.8 Å². The summed E-state index contributed by atoms with van der Waals surface area (Å²) < 4.78 is 5.03. The first-order chi connectivity index (χ1) is 8.17. The molecule has 4 nitrogen and oxygen atoms in total. The fourth-order valence-corrected chi connectivity index (χ4v) is 1.74. The van der Waals surface area contributed by atoms with Crippen LogP contribution in [0, 0.1) is 0 Å². The van der Waals surface area contributed by atoms with Gasteiger partial charge in [-0.1, -0.05) is 6.08 Å². The topological polar surface area (TPSA) is 64.3 Å². The van der Waals surface area contributed by atoms with Crippen molar-refractivity contribution in [3.8, 4) is 5.75 Å². The Hall–Kier alpha value is -1.62. The number of nitrogen functional groups attached to an aromatic ring is 1. The van der Waals surface area contributed by atoms with Gasteiger partial charge in [0.1, 0.15) is 5.75 Å². The van der Waals surface area contributed by atoms with Crippen LogP contribution >= 0.6 is 11.8 Å². The van der Waals surface area contributed by atoms with Crippen molar-refractivity contribution in [2.75, 3.05) is 29.7 Å².